The second-order valence-corrected chi connectivity index (χ2v) is 15.2. The molecule has 0 amide bonds. The van der Waals surface area contributed by atoms with Crippen LogP contribution in [-0.2, 0) is 51.8 Å². The molecule has 4 nitrogen and oxygen atoms in total. The van der Waals surface area contributed by atoms with Crippen molar-refractivity contribution in [1.82, 2.24) is 14.5 Å². The maximum Gasteiger partial charge on any atom is 0.143 e. The Bertz CT molecular complexity index is 2130. The van der Waals surface area contributed by atoms with Crippen LogP contribution in [-0.4, -0.2) is 19.6 Å². The molecule has 1 aliphatic carbocycles. The van der Waals surface area contributed by atoms with E-state index < -0.39 is 0 Å². The van der Waals surface area contributed by atoms with Crippen LogP contribution in [0.2, 0.25) is 0 Å². The van der Waals surface area contributed by atoms with Gasteiger partial charge >= 0.3 is 0 Å². The van der Waals surface area contributed by atoms with Gasteiger partial charge in [0.2, 0.25) is 0 Å². The Hall–Kier alpha value is -4.01. The van der Waals surface area contributed by atoms with Crippen molar-refractivity contribution in [1.29, 1.82) is 0 Å². The molecule has 48 heavy (non-hydrogen) atoms. The summed E-state index contributed by atoms with van der Waals surface area (Å²) in [5, 5.41) is 11.8. The van der Waals surface area contributed by atoms with E-state index in [1.807, 2.05) is 13.2 Å². The number of pyridine rings is 1. The molecule has 248 valence electrons. The summed E-state index contributed by atoms with van der Waals surface area (Å²) in [5.41, 5.74) is 13.5. The molecule has 2 aromatic heterocycles. The van der Waals surface area contributed by atoms with Crippen LogP contribution in [0.1, 0.15) is 76.6 Å². The van der Waals surface area contributed by atoms with Crippen molar-refractivity contribution in [3.8, 4) is 50.6 Å². The summed E-state index contributed by atoms with van der Waals surface area (Å²) in [6.45, 7) is 13.1. The number of phenolic OH excluding ortho intramolecular Hbond substituents is 1. The Morgan fingerprint density at radius 3 is 2.21 bits per heavy atom. The molecule has 2 heterocycles. The fraction of sp³-hybridized carbons (Fsp3) is 0.302. The number of hydrogen-bond acceptors (Lipinski definition) is 3. The molecule has 1 aliphatic rings. The van der Waals surface area contributed by atoms with Gasteiger partial charge in [-0.15, -0.1) is 23.8 Å². The summed E-state index contributed by atoms with van der Waals surface area (Å²) < 4.78 is 2.11. The van der Waals surface area contributed by atoms with Crippen molar-refractivity contribution in [2.75, 3.05) is 0 Å². The minimum Gasteiger partial charge on any atom is -0.507 e. The van der Waals surface area contributed by atoms with E-state index in [4.69, 9.17) is 9.97 Å². The SMILES string of the molecule is Cn1c(-c2cc(C(C)(C)C)cc(C(C)(C)C)c2O)nc2c(-c3[c-]c(-c4nccc5c4CCCC5)cc(-c4ccccc4)c3)cccc21.[Pt]. The fourth-order valence-electron chi connectivity index (χ4n) is 7.02. The summed E-state index contributed by atoms with van der Waals surface area (Å²) >= 11 is 0. The number of rotatable bonds is 4. The molecule has 5 heteroatoms. The van der Waals surface area contributed by atoms with Gasteiger partial charge in [-0.05, 0) is 71.4 Å². The van der Waals surface area contributed by atoms with Gasteiger partial charge in [0.1, 0.15) is 11.6 Å². The number of aromatic hydroxyl groups is 1. The fourth-order valence-corrected chi connectivity index (χ4v) is 7.02. The molecule has 0 aliphatic heterocycles. The van der Waals surface area contributed by atoms with E-state index in [0.717, 1.165) is 74.3 Å². The monoisotopic (exact) mass is 813 g/mol. The summed E-state index contributed by atoms with van der Waals surface area (Å²) in [5.74, 6) is 1.05. The molecule has 0 unspecified atom stereocenters. The van der Waals surface area contributed by atoms with Crippen LogP contribution in [0.3, 0.4) is 0 Å². The zero-order valence-corrected chi connectivity index (χ0v) is 31.3. The predicted molar refractivity (Wildman–Crippen MR) is 195 cm³/mol. The van der Waals surface area contributed by atoms with Gasteiger partial charge in [0.15, 0.2) is 0 Å². The van der Waals surface area contributed by atoms with Crippen molar-refractivity contribution in [2.24, 2.45) is 7.05 Å². The quantitative estimate of drug-likeness (QED) is 0.180. The van der Waals surface area contributed by atoms with Crippen LogP contribution < -0.4 is 0 Å². The number of fused-ring (bicyclic) bond motifs is 2. The molecule has 1 N–H and O–H groups in total. The largest absolute Gasteiger partial charge is 0.507 e. The number of imidazole rings is 1. The van der Waals surface area contributed by atoms with Gasteiger partial charge in [-0.1, -0.05) is 112 Å². The topological polar surface area (TPSA) is 50.9 Å². The molecule has 0 atom stereocenters. The third kappa shape index (κ3) is 6.16. The summed E-state index contributed by atoms with van der Waals surface area (Å²) in [7, 11) is 2.05. The third-order valence-electron chi connectivity index (χ3n) is 9.73. The molecule has 4 aromatic carbocycles. The van der Waals surface area contributed by atoms with Crippen molar-refractivity contribution < 1.29 is 26.2 Å². The number of aryl methyl sites for hydroxylation is 2. The molecule has 7 rings (SSSR count). The van der Waals surface area contributed by atoms with Crippen molar-refractivity contribution >= 4 is 11.0 Å². The Morgan fingerprint density at radius 1 is 0.750 bits per heavy atom. The number of para-hydroxylation sites is 1. The zero-order valence-electron chi connectivity index (χ0n) is 29.0. The van der Waals surface area contributed by atoms with Gasteiger partial charge in [0.05, 0.1) is 16.6 Å². The van der Waals surface area contributed by atoms with Crippen LogP contribution in [0.5, 0.6) is 5.75 Å². The van der Waals surface area contributed by atoms with Crippen molar-refractivity contribution in [2.45, 2.75) is 78.1 Å². The predicted octanol–water partition coefficient (Wildman–Crippen LogP) is 10.6. The maximum absolute atomic E-state index is 11.8. The first-order chi connectivity index (χ1) is 22.4. The van der Waals surface area contributed by atoms with Crippen LogP contribution in [0.15, 0.2) is 85.1 Å². The second kappa shape index (κ2) is 12.8. The molecular formula is C43H44N3OPt-. The molecule has 0 spiro atoms. The second-order valence-electron chi connectivity index (χ2n) is 15.2. The Morgan fingerprint density at radius 2 is 1.48 bits per heavy atom. The van der Waals surface area contributed by atoms with Crippen molar-refractivity contribution in [3.05, 3.63) is 113 Å². The average molecular weight is 814 g/mol. The van der Waals surface area contributed by atoms with Gasteiger partial charge in [-0.2, -0.15) is 0 Å². The molecule has 0 radical (unpaired) electrons. The first-order valence-corrected chi connectivity index (χ1v) is 16.8. The third-order valence-corrected chi connectivity index (χ3v) is 9.73. The standard InChI is InChI=1S/C43H44N3O.Pt/c1-42(2,3)32-25-35(40(47)36(26-32)43(4,5)6)41-45-39-34(18-13-19-37(39)46(41)7)30-22-29(27-14-9-8-10-15-27)23-31(24-30)38-33-17-12-11-16-28(33)20-21-44-38;/h8-10,13-15,18-23,25-26,47H,11-12,16-17H2,1-7H3;/q-1;. The molecule has 0 saturated carbocycles. The van der Waals surface area contributed by atoms with E-state index in [-0.39, 0.29) is 31.9 Å². The van der Waals surface area contributed by atoms with Gasteiger partial charge in [0, 0.05) is 45.6 Å². The van der Waals surface area contributed by atoms with Gasteiger partial charge in [-0.3, -0.25) is 4.98 Å². The van der Waals surface area contributed by atoms with Crippen LogP contribution >= 0.6 is 0 Å². The molecule has 0 saturated heterocycles. The molecule has 0 fully saturated rings. The van der Waals surface area contributed by atoms with Crippen LogP contribution in [0.4, 0.5) is 0 Å². The first kappa shape index (κ1) is 33.9. The number of benzene rings is 4. The summed E-state index contributed by atoms with van der Waals surface area (Å²) in [6, 6.07) is 31.6. The molecule has 6 aromatic rings. The van der Waals surface area contributed by atoms with E-state index in [0.29, 0.717) is 5.75 Å². The Balaban J connectivity index is 0.00000401. The number of nitrogens with zero attached hydrogens (tertiary/aromatic N) is 3. The zero-order chi connectivity index (χ0) is 33.1. The average Bonchev–Trinajstić information content (AvgIpc) is 3.39. The van der Waals surface area contributed by atoms with E-state index >= 15 is 0 Å². The van der Waals surface area contributed by atoms with Gasteiger partial charge in [0.25, 0.3) is 0 Å². The molecule has 0 bridgehead atoms. The van der Waals surface area contributed by atoms with Crippen LogP contribution in [0.25, 0.3) is 55.9 Å². The summed E-state index contributed by atoms with van der Waals surface area (Å²) in [6.07, 6.45) is 6.52. The number of hydrogen-bond donors (Lipinski definition) is 1. The Kier molecular flexibility index (Phi) is 9.02. The molecular weight excluding hydrogens is 770 g/mol. The maximum atomic E-state index is 11.8. The van der Waals surface area contributed by atoms with E-state index in [1.165, 1.54) is 29.5 Å². The van der Waals surface area contributed by atoms with Gasteiger partial charge < -0.3 is 9.67 Å². The number of aromatic nitrogens is 3. The number of phenols is 1. The van der Waals surface area contributed by atoms with Crippen molar-refractivity contribution in [3.63, 3.8) is 0 Å². The minimum absolute atomic E-state index is 0. The van der Waals surface area contributed by atoms with E-state index in [1.54, 1.807) is 0 Å². The smallest absolute Gasteiger partial charge is 0.143 e. The normalized spacial score (nSPS) is 13.3. The first-order valence-electron chi connectivity index (χ1n) is 16.8. The minimum atomic E-state index is -0.232. The summed E-state index contributed by atoms with van der Waals surface area (Å²) in [4.78, 5) is 10.2. The van der Waals surface area contributed by atoms with E-state index in [2.05, 4.69) is 131 Å². The van der Waals surface area contributed by atoms with E-state index in [9.17, 15) is 5.11 Å². The van der Waals surface area contributed by atoms with Gasteiger partial charge in [-0.25, -0.2) is 4.98 Å². The van der Waals surface area contributed by atoms with Crippen LogP contribution in [0, 0.1) is 6.07 Å². The Labute approximate surface area is 299 Å².